The Morgan fingerprint density at radius 3 is 2.19 bits per heavy atom. The van der Waals surface area contributed by atoms with Gasteiger partial charge in [0.25, 0.3) is 0 Å². The first-order valence-corrected chi connectivity index (χ1v) is 11.6. The lowest BCUT2D eigenvalue weighted by Crippen LogP contribution is -2.31. The molecule has 1 aromatic heterocycles. The van der Waals surface area contributed by atoms with Crippen LogP contribution in [0.25, 0.3) is 39.5 Å². The second kappa shape index (κ2) is 7.53. The van der Waals surface area contributed by atoms with E-state index in [1.807, 2.05) is 0 Å². The lowest BCUT2D eigenvalue weighted by Gasteiger charge is -2.19. The van der Waals surface area contributed by atoms with E-state index in [9.17, 15) is 0 Å². The Bertz CT molecular complexity index is 1570. The van der Waals surface area contributed by atoms with Crippen molar-refractivity contribution in [3.05, 3.63) is 113 Å². The van der Waals surface area contributed by atoms with Crippen molar-refractivity contribution in [3.8, 4) is 5.69 Å². The molecule has 1 unspecified atom stereocenters. The number of nitrogens with zero attached hydrogens (tertiary/aromatic N) is 1. The van der Waals surface area contributed by atoms with E-state index in [1.165, 1.54) is 49.1 Å². The van der Waals surface area contributed by atoms with Crippen molar-refractivity contribution in [1.82, 2.24) is 4.57 Å². The van der Waals surface area contributed by atoms with Crippen molar-refractivity contribution in [2.45, 2.75) is 32.1 Å². The predicted octanol–water partition coefficient (Wildman–Crippen LogP) is 6.66. The maximum absolute atomic E-state index is 2.51. The Hall–Kier alpha value is -3.58. The normalized spacial score (nSPS) is 15.5. The molecular weight excluding hydrogens is 386 g/mol. The molecule has 1 heteroatoms. The first-order valence-electron chi connectivity index (χ1n) is 11.6. The molecule has 4 aromatic carbocycles. The van der Waals surface area contributed by atoms with Crippen LogP contribution in [0.2, 0.25) is 0 Å². The van der Waals surface area contributed by atoms with Gasteiger partial charge in [-0.15, -0.1) is 0 Å². The summed E-state index contributed by atoms with van der Waals surface area (Å²) in [6.07, 6.45) is 5.97. The molecule has 0 aliphatic heterocycles. The van der Waals surface area contributed by atoms with Crippen molar-refractivity contribution in [3.63, 3.8) is 0 Å². The molecule has 0 spiro atoms. The van der Waals surface area contributed by atoms with E-state index in [0.717, 1.165) is 6.42 Å². The monoisotopic (exact) mass is 413 g/mol. The fourth-order valence-corrected chi connectivity index (χ4v) is 5.41. The zero-order valence-electron chi connectivity index (χ0n) is 18.6. The molecule has 1 nitrogen and oxygen atoms in total. The summed E-state index contributed by atoms with van der Waals surface area (Å²) in [5, 5.41) is 6.79. The molecule has 156 valence electrons. The summed E-state index contributed by atoms with van der Waals surface area (Å²) in [7, 11) is 0. The Morgan fingerprint density at radius 1 is 0.719 bits per heavy atom. The van der Waals surface area contributed by atoms with Gasteiger partial charge in [-0.05, 0) is 52.4 Å². The molecule has 0 amide bonds. The molecule has 32 heavy (non-hydrogen) atoms. The topological polar surface area (TPSA) is 4.93 Å². The minimum atomic E-state index is 0.378. The molecule has 1 aliphatic rings. The van der Waals surface area contributed by atoms with E-state index in [2.05, 4.69) is 122 Å². The Morgan fingerprint density at radius 2 is 1.41 bits per heavy atom. The molecule has 0 fully saturated rings. The van der Waals surface area contributed by atoms with Gasteiger partial charge in [0.15, 0.2) is 0 Å². The van der Waals surface area contributed by atoms with Gasteiger partial charge in [0.1, 0.15) is 0 Å². The van der Waals surface area contributed by atoms with E-state index in [-0.39, 0.29) is 0 Å². The second-order valence-corrected chi connectivity index (χ2v) is 9.14. The molecule has 5 aromatic rings. The Labute approximate surface area is 188 Å². The van der Waals surface area contributed by atoms with Crippen LogP contribution in [-0.4, -0.2) is 4.57 Å². The average molecular weight is 414 g/mol. The minimum absolute atomic E-state index is 0.378. The Kier molecular flexibility index (Phi) is 4.50. The van der Waals surface area contributed by atoms with E-state index >= 15 is 0 Å². The SMILES string of the molecule is CC(C)c1ccc(C2C=c3c(n(-c4ccccc4)c4ccccc34)=CC2)c2ccccc12. The largest absolute Gasteiger partial charge is 0.310 e. The zero-order valence-corrected chi connectivity index (χ0v) is 18.6. The van der Waals surface area contributed by atoms with Crippen molar-refractivity contribution < 1.29 is 0 Å². The van der Waals surface area contributed by atoms with E-state index < -0.39 is 0 Å². The molecule has 6 rings (SSSR count). The van der Waals surface area contributed by atoms with Gasteiger partial charge in [-0.25, -0.2) is 0 Å². The molecule has 0 N–H and O–H groups in total. The summed E-state index contributed by atoms with van der Waals surface area (Å²) in [5.74, 6) is 0.898. The van der Waals surface area contributed by atoms with Gasteiger partial charge in [0, 0.05) is 27.6 Å². The third-order valence-corrected chi connectivity index (χ3v) is 6.91. The van der Waals surface area contributed by atoms with E-state index in [4.69, 9.17) is 0 Å². The van der Waals surface area contributed by atoms with Crippen LogP contribution in [-0.2, 0) is 0 Å². The highest BCUT2D eigenvalue weighted by Crippen LogP contribution is 2.34. The van der Waals surface area contributed by atoms with Crippen molar-refractivity contribution in [2.24, 2.45) is 0 Å². The molecule has 1 atom stereocenters. The van der Waals surface area contributed by atoms with Gasteiger partial charge in [0.05, 0.1) is 5.52 Å². The van der Waals surface area contributed by atoms with Gasteiger partial charge in [-0.3, -0.25) is 0 Å². The molecule has 0 saturated carbocycles. The van der Waals surface area contributed by atoms with Crippen molar-refractivity contribution in [2.75, 3.05) is 0 Å². The quantitative estimate of drug-likeness (QED) is 0.312. The maximum Gasteiger partial charge on any atom is 0.0540 e. The first-order chi connectivity index (χ1) is 15.7. The van der Waals surface area contributed by atoms with Crippen molar-refractivity contribution in [1.29, 1.82) is 0 Å². The van der Waals surface area contributed by atoms with E-state index in [1.54, 1.807) is 0 Å². The third-order valence-electron chi connectivity index (χ3n) is 6.91. The first kappa shape index (κ1) is 19.1. The van der Waals surface area contributed by atoms with Gasteiger partial charge < -0.3 is 4.57 Å². The summed E-state index contributed by atoms with van der Waals surface area (Å²) >= 11 is 0. The van der Waals surface area contributed by atoms with Gasteiger partial charge in [0.2, 0.25) is 0 Å². The van der Waals surface area contributed by atoms with Crippen LogP contribution in [0.1, 0.15) is 43.2 Å². The number of hydrogen-bond donors (Lipinski definition) is 0. The molecular formula is C31H27N. The fourth-order valence-electron chi connectivity index (χ4n) is 5.41. The fraction of sp³-hybridized carbons (Fsp3) is 0.161. The number of para-hydroxylation sites is 2. The maximum atomic E-state index is 2.51. The van der Waals surface area contributed by atoms with Gasteiger partial charge >= 0.3 is 0 Å². The summed E-state index contributed by atoms with van der Waals surface area (Å²) in [6, 6.07) is 33.2. The van der Waals surface area contributed by atoms with Crippen LogP contribution in [0.15, 0.2) is 91.0 Å². The van der Waals surface area contributed by atoms with Crippen LogP contribution >= 0.6 is 0 Å². The summed E-state index contributed by atoms with van der Waals surface area (Å²) in [5.41, 5.74) is 5.37. The summed E-state index contributed by atoms with van der Waals surface area (Å²) in [6.45, 7) is 4.57. The number of rotatable bonds is 3. The van der Waals surface area contributed by atoms with Gasteiger partial charge in [-0.2, -0.15) is 0 Å². The van der Waals surface area contributed by atoms with Crippen LogP contribution in [0.5, 0.6) is 0 Å². The molecule has 0 saturated heterocycles. The number of aromatic nitrogens is 1. The second-order valence-electron chi connectivity index (χ2n) is 9.14. The van der Waals surface area contributed by atoms with Crippen LogP contribution in [0.4, 0.5) is 0 Å². The number of hydrogen-bond acceptors (Lipinski definition) is 0. The molecule has 1 heterocycles. The average Bonchev–Trinajstić information content (AvgIpc) is 3.17. The predicted molar refractivity (Wildman–Crippen MR) is 137 cm³/mol. The third kappa shape index (κ3) is 2.92. The smallest absolute Gasteiger partial charge is 0.0540 e. The zero-order chi connectivity index (χ0) is 21.7. The van der Waals surface area contributed by atoms with Crippen LogP contribution < -0.4 is 10.6 Å². The molecule has 0 bridgehead atoms. The molecule has 0 radical (unpaired) electrons. The van der Waals surface area contributed by atoms with Crippen molar-refractivity contribution >= 4 is 33.8 Å². The highest BCUT2D eigenvalue weighted by Gasteiger charge is 2.19. The minimum Gasteiger partial charge on any atom is -0.310 e. The standard InChI is InChI=1S/C31H27N/c1-21(2)24-17-18-25(27-13-7-6-12-26(24)27)22-16-19-31-29(20-22)28-14-8-9-15-30(28)32(31)23-10-4-3-5-11-23/h3-15,17-22H,16H2,1-2H3. The summed E-state index contributed by atoms with van der Waals surface area (Å²) < 4.78 is 2.41. The van der Waals surface area contributed by atoms with Crippen LogP contribution in [0, 0.1) is 0 Å². The lowest BCUT2D eigenvalue weighted by molar-refractivity contribution is 0.871. The molecule has 1 aliphatic carbocycles. The van der Waals surface area contributed by atoms with E-state index in [0.29, 0.717) is 11.8 Å². The number of benzene rings is 4. The Balaban J connectivity index is 1.60. The van der Waals surface area contributed by atoms with Gasteiger partial charge in [-0.1, -0.05) is 98.8 Å². The van der Waals surface area contributed by atoms with Crippen LogP contribution in [0.3, 0.4) is 0 Å². The highest BCUT2D eigenvalue weighted by atomic mass is 15.0. The number of fused-ring (bicyclic) bond motifs is 4. The highest BCUT2D eigenvalue weighted by molar-refractivity contribution is 5.91. The summed E-state index contributed by atoms with van der Waals surface area (Å²) in [4.78, 5) is 0. The lowest BCUT2D eigenvalue weighted by atomic mass is 9.85.